The van der Waals surface area contributed by atoms with Crippen molar-refractivity contribution in [2.45, 2.75) is 26.9 Å². The van der Waals surface area contributed by atoms with Gasteiger partial charge in [0.2, 0.25) is 0 Å². The first kappa shape index (κ1) is 16.4. The van der Waals surface area contributed by atoms with Crippen LogP contribution in [0.3, 0.4) is 0 Å². The van der Waals surface area contributed by atoms with Gasteiger partial charge in [-0.2, -0.15) is 11.3 Å². The summed E-state index contributed by atoms with van der Waals surface area (Å²) in [7, 11) is 0. The van der Waals surface area contributed by atoms with Crippen molar-refractivity contribution in [2.24, 2.45) is 0 Å². The lowest BCUT2D eigenvalue weighted by Crippen LogP contribution is -2.30. The molecule has 0 saturated carbocycles. The van der Waals surface area contributed by atoms with E-state index in [-0.39, 0.29) is 5.91 Å². The molecule has 0 atom stereocenters. The predicted octanol–water partition coefficient (Wildman–Crippen LogP) is 4.60. The Morgan fingerprint density at radius 2 is 2.00 bits per heavy atom. The quantitative estimate of drug-likeness (QED) is 0.682. The Balaban J connectivity index is 1.89. The van der Waals surface area contributed by atoms with Crippen LogP contribution in [-0.2, 0) is 13.1 Å². The number of aromatic nitrogens is 1. The Labute approximate surface area is 146 Å². The second-order valence-electron chi connectivity index (χ2n) is 5.93. The fraction of sp³-hybridized carbons (Fsp3) is 0.200. The number of hydrogen-bond donors (Lipinski definition) is 0. The van der Waals surface area contributed by atoms with E-state index in [1.165, 1.54) is 0 Å². The molecule has 0 unspecified atom stereocenters. The van der Waals surface area contributed by atoms with E-state index in [1.54, 1.807) is 17.5 Å². The number of rotatable bonds is 5. The van der Waals surface area contributed by atoms with Crippen LogP contribution in [0.4, 0.5) is 0 Å². The zero-order valence-electron chi connectivity index (χ0n) is 13.9. The van der Waals surface area contributed by atoms with Crippen LogP contribution in [0.1, 0.15) is 32.7 Å². The monoisotopic (exact) mass is 336 g/mol. The van der Waals surface area contributed by atoms with Crippen molar-refractivity contribution in [1.82, 2.24) is 9.88 Å². The summed E-state index contributed by atoms with van der Waals surface area (Å²) in [6.07, 6.45) is 1.76. The molecular weight excluding hydrogens is 316 g/mol. The molecule has 0 saturated heterocycles. The average molecular weight is 336 g/mol. The van der Waals surface area contributed by atoms with Gasteiger partial charge in [-0.1, -0.05) is 23.8 Å². The third-order valence-electron chi connectivity index (χ3n) is 3.93. The molecule has 2 aromatic heterocycles. The molecule has 122 valence electrons. The maximum atomic E-state index is 13.1. The van der Waals surface area contributed by atoms with Crippen molar-refractivity contribution in [2.75, 3.05) is 0 Å². The minimum atomic E-state index is 0.0457. The van der Waals surface area contributed by atoms with E-state index in [0.29, 0.717) is 13.1 Å². The average Bonchev–Trinajstić information content (AvgIpc) is 3.08. The lowest BCUT2D eigenvalue weighted by molar-refractivity contribution is 0.0727. The number of carbonyl (C=O) groups is 1. The summed E-state index contributed by atoms with van der Waals surface area (Å²) in [6.45, 7) is 5.12. The number of hydrogen-bond acceptors (Lipinski definition) is 3. The molecule has 3 rings (SSSR count). The van der Waals surface area contributed by atoms with E-state index in [0.717, 1.165) is 27.9 Å². The summed E-state index contributed by atoms with van der Waals surface area (Å²) < 4.78 is 0. The number of carbonyl (C=O) groups excluding carboxylic acids is 1. The van der Waals surface area contributed by atoms with Crippen LogP contribution < -0.4 is 0 Å². The molecule has 0 fully saturated rings. The van der Waals surface area contributed by atoms with Gasteiger partial charge in [-0.15, -0.1) is 0 Å². The fourth-order valence-corrected chi connectivity index (χ4v) is 3.37. The van der Waals surface area contributed by atoms with E-state index < -0.39 is 0 Å². The normalized spacial score (nSPS) is 10.6. The molecule has 1 aromatic carbocycles. The topological polar surface area (TPSA) is 33.2 Å². The second kappa shape index (κ2) is 7.41. The largest absolute Gasteiger partial charge is 0.328 e. The van der Waals surface area contributed by atoms with Crippen LogP contribution in [0.5, 0.6) is 0 Å². The lowest BCUT2D eigenvalue weighted by Gasteiger charge is -2.23. The van der Waals surface area contributed by atoms with Gasteiger partial charge in [-0.25, -0.2) is 0 Å². The molecule has 24 heavy (non-hydrogen) atoms. The van der Waals surface area contributed by atoms with Crippen LogP contribution in [0.25, 0.3) is 0 Å². The first-order valence-corrected chi connectivity index (χ1v) is 8.85. The van der Waals surface area contributed by atoms with Gasteiger partial charge >= 0.3 is 0 Å². The predicted molar refractivity (Wildman–Crippen MR) is 98.0 cm³/mol. The highest BCUT2D eigenvalue weighted by molar-refractivity contribution is 7.07. The van der Waals surface area contributed by atoms with E-state index in [2.05, 4.69) is 22.5 Å². The number of aryl methyl sites for hydroxylation is 2. The fourth-order valence-electron chi connectivity index (χ4n) is 2.71. The Hall–Kier alpha value is -2.46. The summed E-state index contributed by atoms with van der Waals surface area (Å²) in [4.78, 5) is 19.3. The maximum Gasteiger partial charge on any atom is 0.254 e. The molecule has 4 heteroatoms. The van der Waals surface area contributed by atoms with E-state index in [4.69, 9.17) is 0 Å². The van der Waals surface area contributed by atoms with Gasteiger partial charge in [0, 0.05) is 18.3 Å². The number of thiophene rings is 1. The third-order valence-corrected chi connectivity index (χ3v) is 4.66. The molecule has 0 bridgehead atoms. The Bertz CT molecular complexity index is 813. The standard InChI is InChI=1S/C20H20N2OS/c1-15-6-7-19(16(2)11-15)20(23)22(12-17-8-10-24-14-17)13-18-5-3-4-9-21-18/h3-11,14H,12-13H2,1-2H3. The summed E-state index contributed by atoms with van der Waals surface area (Å²) in [5, 5.41) is 4.12. The number of amides is 1. The number of pyridine rings is 1. The maximum absolute atomic E-state index is 13.1. The minimum absolute atomic E-state index is 0.0457. The SMILES string of the molecule is Cc1ccc(C(=O)N(Cc2ccsc2)Cc2ccccn2)c(C)c1. The van der Waals surface area contributed by atoms with Crippen LogP contribution in [0.2, 0.25) is 0 Å². The van der Waals surface area contributed by atoms with Crippen molar-refractivity contribution in [1.29, 1.82) is 0 Å². The van der Waals surface area contributed by atoms with Gasteiger partial charge in [0.15, 0.2) is 0 Å². The van der Waals surface area contributed by atoms with Crippen LogP contribution in [-0.4, -0.2) is 15.8 Å². The van der Waals surface area contributed by atoms with Crippen molar-refractivity contribution in [3.8, 4) is 0 Å². The van der Waals surface area contributed by atoms with Gasteiger partial charge in [-0.05, 0) is 60.0 Å². The molecule has 3 aromatic rings. The highest BCUT2D eigenvalue weighted by atomic mass is 32.1. The zero-order valence-corrected chi connectivity index (χ0v) is 14.7. The van der Waals surface area contributed by atoms with Crippen LogP contribution in [0.15, 0.2) is 59.4 Å². The molecule has 3 nitrogen and oxygen atoms in total. The molecule has 0 spiro atoms. The summed E-state index contributed by atoms with van der Waals surface area (Å²) in [6, 6.07) is 13.8. The van der Waals surface area contributed by atoms with Gasteiger partial charge in [-0.3, -0.25) is 9.78 Å². The van der Waals surface area contributed by atoms with E-state index in [1.807, 2.05) is 54.5 Å². The molecule has 0 aliphatic carbocycles. The Morgan fingerprint density at radius 1 is 1.12 bits per heavy atom. The molecule has 0 aliphatic heterocycles. The van der Waals surface area contributed by atoms with Crippen molar-refractivity contribution in [3.63, 3.8) is 0 Å². The van der Waals surface area contributed by atoms with Crippen molar-refractivity contribution < 1.29 is 4.79 Å². The van der Waals surface area contributed by atoms with Crippen LogP contribution >= 0.6 is 11.3 Å². The molecular formula is C20H20N2OS. The van der Waals surface area contributed by atoms with Gasteiger partial charge in [0.25, 0.3) is 5.91 Å². The molecule has 0 N–H and O–H groups in total. The molecule has 0 aliphatic rings. The van der Waals surface area contributed by atoms with Crippen LogP contribution in [0, 0.1) is 13.8 Å². The van der Waals surface area contributed by atoms with Gasteiger partial charge in [0.1, 0.15) is 0 Å². The second-order valence-corrected chi connectivity index (χ2v) is 6.71. The smallest absolute Gasteiger partial charge is 0.254 e. The zero-order chi connectivity index (χ0) is 16.9. The lowest BCUT2D eigenvalue weighted by atomic mass is 10.0. The first-order valence-electron chi connectivity index (χ1n) is 7.91. The Morgan fingerprint density at radius 3 is 2.67 bits per heavy atom. The van der Waals surface area contributed by atoms with Gasteiger partial charge in [0.05, 0.1) is 12.2 Å². The van der Waals surface area contributed by atoms with E-state index >= 15 is 0 Å². The highest BCUT2D eigenvalue weighted by Crippen LogP contribution is 2.18. The summed E-state index contributed by atoms with van der Waals surface area (Å²) in [5.41, 5.74) is 4.97. The van der Waals surface area contributed by atoms with Gasteiger partial charge < -0.3 is 4.90 Å². The summed E-state index contributed by atoms with van der Waals surface area (Å²) in [5.74, 6) is 0.0457. The first-order chi connectivity index (χ1) is 11.6. The van der Waals surface area contributed by atoms with E-state index in [9.17, 15) is 4.79 Å². The van der Waals surface area contributed by atoms with Crippen molar-refractivity contribution >= 4 is 17.2 Å². The number of nitrogens with zero attached hydrogens (tertiary/aromatic N) is 2. The van der Waals surface area contributed by atoms with Crippen molar-refractivity contribution in [3.05, 3.63) is 87.4 Å². The number of benzene rings is 1. The molecule has 0 radical (unpaired) electrons. The third kappa shape index (κ3) is 3.89. The molecule has 2 heterocycles. The highest BCUT2D eigenvalue weighted by Gasteiger charge is 2.19. The minimum Gasteiger partial charge on any atom is -0.328 e. The summed E-state index contributed by atoms with van der Waals surface area (Å²) >= 11 is 1.65. The Kier molecular flexibility index (Phi) is 5.06. The molecule has 1 amide bonds.